The zero-order valence-electron chi connectivity index (χ0n) is 11.4. The van der Waals surface area contributed by atoms with Crippen molar-refractivity contribution >= 4 is 17.6 Å². The molecule has 0 fully saturated rings. The van der Waals surface area contributed by atoms with Crippen LogP contribution in [0.1, 0.15) is 23.8 Å². The van der Waals surface area contributed by atoms with Crippen molar-refractivity contribution in [2.24, 2.45) is 5.92 Å². The SMILES string of the molecule is CO[C@@H]1C[C@H](C(=O)O)Cc2onc(-c3ccc(Cl)cc3)c21. The monoisotopic (exact) mass is 307 g/mol. The molecule has 0 radical (unpaired) electrons. The molecule has 0 spiro atoms. The minimum atomic E-state index is -0.841. The Morgan fingerprint density at radius 1 is 1.43 bits per heavy atom. The van der Waals surface area contributed by atoms with Crippen molar-refractivity contribution in [2.45, 2.75) is 18.9 Å². The second-order valence-electron chi connectivity index (χ2n) is 5.07. The summed E-state index contributed by atoms with van der Waals surface area (Å²) in [5.41, 5.74) is 2.41. The van der Waals surface area contributed by atoms with Crippen molar-refractivity contribution in [3.8, 4) is 11.3 Å². The molecule has 0 amide bonds. The summed E-state index contributed by atoms with van der Waals surface area (Å²) in [6.07, 6.45) is 0.429. The Balaban J connectivity index is 2.03. The summed E-state index contributed by atoms with van der Waals surface area (Å²) in [6, 6.07) is 7.28. The Labute approximate surface area is 126 Å². The lowest BCUT2D eigenvalue weighted by molar-refractivity contribution is -0.143. The molecule has 1 aliphatic carbocycles. The topological polar surface area (TPSA) is 72.6 Å². The van der Waals surface area contributed by atoms with E-state index in [-0.39, 0.29) is 6.10 Å². The molecule has 2 atom stereocenters. The molecule has 0 saturated heterocycles. The fraction of sp³-hybridized carbons (Fsp3) is 0.333. The van der Waals surface area contributed by atoms with Crippen LogP contribution in [-0.2, 0) is 16.0 Å². The van der Waals surface area contributed by atoms with Crippen molar-refractivity contribution in [1.82, 2.24) is 5.16 Å². The molecule has 21 heavy (non-hydrogen) atoms. The number of rotatable bonds is 3. The summed E-state index contributed by atoms with van der Waals surface area (Å²) in [4.78, 5) is 11.2. The van der Waals surface area contributed by atoms with E-state index in [4.69, 9.17) is 20.9 Å². The number of hydrogen-bond donors (Lipinski definition) is 1. The van der Waals surface area contributed by atoms with E-state index < -0.39 is 11.9 Å². The second kappa shape index (κ2) is 5.50. The average molecular weight is 308 g/mol. The van der Waals surface area contributed by atoms with Crippen LogP contribution in [0.15, 0.2) is 28.8 Å². The van der Waals surface area contributed by atoms with Gasteiger partial charge in [-0.15, -0.1) is 0 Å². The first-order chi connectivity index (χ1) is 10.1. The van der Waals surface area contributed by atoms with Crippen LogP contribution in [0.2, 0.25) is 5.02 Å². The van der Waals surface area contributed by atoms with Gasteiger partial charge in [0.1, 0.15) is 11.5 Å². The molecule has 2 aromatic rings. The standard InChI is InChI=1S/C15H14ClNO4/c1-20-11-6-9(15(18)19)7-12-13(11)14(17-21-12)8-2-4-10(16)5-3-8/h2-5,9,11H,6-7H2,1H3,(H,18,19)/t9-,11+/m0/s1. The van der Waals surface area contributed by atoms with Crippen LogP contribution in [0, 0.1) is 5.92 Å². The summed E-state index contributed by atoms with van der Waals surface area (Å²) in [5, 5.41) is 13.9. The van der Waals surface area contributed by atoms with Gasteiger partial charge in [0.15, 0.2) is 0 Å². The largest absolute Gasteiger partial charge is 0.481 e. The van der Waals surface area contributed by atoms with Crippen LogP contribution in [0.3, 0.4) is 0 Å². The lowest BCUT2D eigenvalue weighted by Crippen LogP contribution is -2.25. The van der Waals surface area contributed by atoms with Gasteiger partial charge in [-0.2, -0.15) is 0 Å². The van der Waals surface area contributed by atoms with E-state index in [1.165, 1.54) is 0 Å². The lowest BCUT2D eigenvalue weighted by Gasteiger charge is -2.25. The molecule has 1 N–H and O–H groups in total. The quantitative estimate of drug-likeness (QED) is 0.941. The first kappa shape index (κ1) is 14.1. The fourth-order valence-electron chi connectivity index (χ4n) is 2.71. The van der Waals surface area contributed by atoms with E-state index in [0.29, 0.717) is 29.3 Å². The average Bonchev–Trinajstić information content (AvgIpc) is 2.91. The van der Waals surface area contributed by atoms with Crippen molar-refractivity contribution < 1.29 is 19.2 Å². The van der Waals surface area contributed by atoms with E-state index in [2.05, 4.69) is 5.16 Å². The molecule has 1 aromatic heterocycles. The number of methoxy groups -OCH3 is 1. The van der Waals surface area contributed by atoms with Crippen molar-refractivity contribution in [3.63, 3.8) is 0 Å². The van der Waals surface area contributed by atoms with Gasteiger partial charge in [0.2, 0.25) is 0 Å². The first-order valence-corrected chi connectivity index (χ1v) is 6.98. The smallest absolute Gasteiger partial charge is 0.307 e. The molecule has 0 saturated carbocycles. The van der Waals surface area contributed by atoms with Crippen LogP contribution in [0.4, 0.5) is 0 Å². The molecule has 5 nitrogen and oxygen atoms in total. The summed E-state index contributed by atoms with van der Waals surface area (Å²) in [6.45, 7) is 0. The maximum Gasteiger partial charge on any atom is 0.307 e. The van der Waals surface area contributed by atoms with Crippen LogP contribution in [-0.4, -0.2) is 23.3 Å². The molecule has 110 valence electrons. The molecular weight excluding hydrogens is 294 g/mol. The van der Waals surface area contributed by atoms with Gasteiger partial charge in [-0.25, -0.2) is 0 Å². The normalized spacial score (nSPS) is 21.0. The summed E-state index contributed by atoms with van der Waals surface area (Å²) in [7, 11) is 1.57. The third kappa shape index (κ3) is 2.54. The number of benzene rings is 1. The summed E-state index contributed by atoms with van der Waals surface area (Å²) >= 11 is 5.89. The number of hydrogen-bond acceptors (Lipinski definition) is 4. The van der Waals surface area contributed by atoms with Gasteiger partial charge in [-0.3, -0.25) is 4.79 Å². The van der Waals surface area contributed by atoms with Gasteiger partial charge in [0, 0.05) is 24.1 Å². The number of carboxylic acids is 1. The maximum absolute atomic E-state index is 11.2. The highest BCUT2D eigenvalue weighted by Gasteiger charge is 2.36. The van der Waals surface area contributed by atoms with Gasteiger partial charge in [0.05, 0.1) is 17.6 Å². The number of halogens is 1. The van der Waals surface area contributed by atoms with Crippen LogP contribution in [0.25, 0.3) is 11.3 Å². The summed E-state index contributed by atoms with van der Waals surface area (Å²) in [5.74, 6) is -0.758. The number of nitrogens with zero attached hydrogens (tertiary/aromatic N) is 1. The number of ether oxygens (including phenoxy) is 1. The number of aromatic nitrogens is 1. The van der Waals surface area contributed by atoms with E-state index in [1.54, 1.807) is 19.2 Å². The lowest BCUT2D eigenvalue weighted by atomic mass is 9.84. The van der Waals surface area contributed by atoms with Gasteiger partial charge >= 0.3 is 5.97 Å². The number of carbonyl (C=O) groups is 1. The predicted molar refractivity (Wildman–Crippen MR) is 76.1 cm³/mol. The van der Waals surface area contributed by atoms with E-state index in [0.717, 1.165) is 11.1 Å². The van der Waals surface area contributed by atoms with Gasteiger partial charge in [0.25, 0.3) is 0 Å². The molecule has 1 heterocycles. The highest BCUT2D eigenvalue weighted by atomic mass is 35.5. The Kier molecular flexibility index (Phi) is 3.69. The van der Waals surface area contributed by atoms with Crippen molar-refractivity contribution in [1.29, 1.82) is 0 Å². The molecule has 6 heteroatoms. The van der Waals surface area contributed by atoms with Crippen LogP contribution in [0.5, 0.6) is 0 Å². The number of aliphatic carboxylic acids is 1. The third-order valence-electron chi connectivity index (χ3n) is 3.81. The van der Waals surface area contributed by atoms with Crippen molar-refractivity contribution in [2.75, 3.05) is 7.11 Å². The fourth-order valence-corrected chi connectivity index (χ4v) is 2.84. The minimum Gasteiger partial charge on any atom is -0.481 e. The Hall–Kier alpha value is -1.85. The Morgan fingerprint density at radius 3 is 2.76 bits per heavy atom. The molecule has 1 aromatic carbocycles. The predicted octanol–water partition coefficient (Wildman–Crippen LogP) is 3.33. The third-order valence-corrected chi connectivity index (χ3v) is 4.06. The van der Waals surface area contributed by atoms with Crippen LogP contribution >= 0.6 is 11.6 Å². The zero-order valence-corrected chi connectivity index (χ0v) is 12.1. The highest BCUT2D eigenvalue weighted by Crippen LogP contribution is 2.41. The molecule has 3 rings (SSSR count). The molecule has 0 unspecified atom stereocenters. The Bertz CT molecular complexity index is 665. The van der Waals surface area contributed by atoms with Gasteiger partial charge in [-0.05, 0) is 18.6 Å². The van der Waals surface area contributed by atoms with Gasteiger partial charge in [-0.1, -0.05) is 28.9 Å². The maximum atomic E-state index is 11.2. The number of carboxylic acid groups (broad SMARTS) is 1. The number of fused-ring (bicyclic) bond motifs is 1. The van der Waals surface area contributed by atoms with Crippen LogP contribution < -0.4 is 0 Å². The second-order valence-corrected chi connectivity index (χ2v) is 5.51. The van der Waals surface area contributed by atoms with E-state index in [1.807, 2.05) is 12.1 Å². The molecule has 0 aliphatic heterocycles. The molecule has 1 aliphatic rings. The highest BCUT2D eigenvalue weighted by molar-refractivity contribution is 6.30. The van der Waals surface area contributed by atoms with Gasteiger partial charge < -0.3 is 14.4 Å². The van der Waals surface area contributed by atoms with E-state index >= 15 is 0 Å². The zero-order chi connectivity index (χ0) is 15.0. The minimum absolute atomic E-state index is 0.327. The van der Waals surface area contributed by atoms with Crippen molar-refractivity contribution in [3.05, 3.63) is 40.6 Å². The Morgan fingerprint density at radius 2 is 2.14 bits per heavy atom. The molecular formula is C15H14ClNO4. The first-order valence-electron chi connectivity index (χ1n) is 6.60. The van der Waals surface area contributed by atoms with E-state index in [9.17, 15) is 9.90 Å². The summed E-state index contributed by atoms with van der Waals surface area (Å²) < 4.78 is 10.8. The molecule has 0 bridgehead atoms.